The van der Waals surface area contributed by atoms with Gasteiger partial charge < -0.3 is 10.2 Å². The third kappa shape index (κ3) is 5.40. The molecule has 4 heteroatoms. The van der Waals surface area contributed by atoms with Gasteiger partial charge in [0.05, 0.1) is 0 Å². The van der Waals surface area contributed by atoms with E-state index in [9.17, 15) is 4.79 Å². The molecule has 3 nitrogen and oxygen atoms in total. The van der Waals surface area contributed by atoms with Crippen molar-refractivity contribution in [3.8, 4) is 0 Å². The summed E-state index contributed by atoms with van der Waals surface area (Å²) in [4.78, 5) is 15.4. The summed E-state index contributed by atoms with van der Waals surface area (Å²) >= 11 is 5.71. The minimum Gasteiger partial charge on any atom is -0.340 e. The largest absolute Gasteiger partial charge is 0.340 e. The number of carbonyl (C=O) groups excluding carboxylic acids is 1. The van der Waals surface area contributed by atoms with Gasteiger partial charge in [-0.15, -0.1) is 0 Å². The molecule has 0 radical (unpaired) electrons. The van der Waals surface area contributed by atoms with Crippen LogP contribution in [0.25, 0.3) is 12.2 Å². The number of hydrogen-bond acceptors (Lipinski definition) is 2. The van der Waals surface area contributed by atoms with Crippen molar-refractivity contribution >= 4 is 41.0 Å². The van der Waals surface area contributed by atoms with Gasteiger partial charge in [-0.25, -0.2) is 0 Å². The van der Waals surface area contributed by atoms with Crippen molar-refractivity contribution in [2.45, 2.75) is 13.8 Å². The molecule has 1 aliphatic heterocycles. The number of piperidine rings is 1. The minimum absolute atomic E-state index is 0.0740. The van der Waals surface area contributed by atoms with Crippen molar-refractivity contribution in [1.29, 1.82) is 0 Å². The fourth-order valence-electron chi connectivity index (χ4n) is 3.63. The number of benzene rings is 3. The Morgan fingerprint density at radius 3 is 1.72 bits per heavy atom. The zero-order valence-electron chi connectivity index (χ0n) is 18.3. The fourth-order valence-corrected chi connectivity index (χ4v) is 3.88. The van der Waals surface area contributed by atoms with Crippen LogP contribution in [0, 0.1) is 13.8 Å². The standard InChI is InChI=1S/C28H26N2OS/c1-20-8-12-22(13-9-20)16-24-18-30(28(32)29-26-6-4-3-5-7-26)19-25(27(24)31)17-23-14-10-21(2)11-15-23/h3-17H,18-19H2,1-2H3,(H,29,32)/b24-16+,25-17+. The van der Waals surface area contributed by atoms with E-state index in [4.69, 9.17) is 12.2 Å². The Kier molecular flexibility index (Phi) is 6.62. The summed E-state index contributed by atoms with van der Waals surface area (Å²) in [5, 5.41) is 3.91. The highest BCUT2D eigenvalue weighted by Gasteiger charge is 2.27. The molecule has 3 aromatic rings. The maximum atomic E-state index is 13.4. The van der Waals surface area contributed by atoms with Gasteiger partial charge >= 0.3 is 0 Å². The number of carbonyl (C=O) groups is 1. The quantitative estimate of drug-likeness (QED) is 0.398. The molecule has 3 aromatic carbocycles. The second-order valence-corrected chi connectivity index (χ2v) is 8.53. The van der Waals surface area contributed by atoms with E-state index in [-0.39, 0.29) is 5.78 Å². The van der Waals surface area contributed by atoms with E-state index in [0.717, 1.165) is 28.0 Å². The lowest BCUT2D eigenvalue weighted by atomic mass is 9.94. The van der Waals surface area contributed by atoms with Gasteiger partial charge in [-0.2, -0.15) is 0 Å². The predicted molar refractivity (Wildman–Crippen MR) is 138 cm³/mol. The summed E-state index contributed by atoms with van der Waals surface area (Å²) < 4.78 is 0. The van der Waals surface area contributed by atoms with Crippen molar-refractivity contribution in [3.63, 3.8) is 0 Å². The highest BCUT2D eigenvalue weighted by atomic mass is 32.1. The van der Waals surface area contributed by atoms with Crippen LogP contribution in [-0.4, -0.2) is 28.9 Å². The van der Waals surface area contributed by atoms with Crippen molar-refractivity contribution in [2.75, 3.05) is 18.4 Å². The van der Waals surface area contributed by atoms with E-state index in [1.165, 1.54) is 11.1 Å². The molecule has 0 spiro atoms. The molecular formula is C28H26N2OS. The van der Waals surface area contributed by atoms with Crippen LogP contribution < -0.4 is 5.32 Å². The van der Waals surface area contributed by atoms with Gasteiger partial charge in [-0.1, -0.05) is 77.9 Å². The van der Waals surface area contributed by atoms with Crippen LogP contribution in [0.2, 0.25) is 0 Å². The molecule has 0 saturated carbocycles. The molecule has 1 aliphatic rings. The van der Waals surface area contributed by atoms with Gasteiger partial charge in [0.1, 0.15) is 0 Å². The van der Waals surface area contributed by atoms with E-state index in [1.54, 1.807) is 0 Å². The number of thiocarbonyl (C=S) groups is 1. The summed E-state index contributed by atoms with van der Waals surface area (Å²) in [5.74, 6) is 0.0740. The van der Waals surface area contributed by atoms with Crippen LogP contribution in [0.3, 0.4) is 0 Å². The molecule has 0 bridgehead atoms. The Balaban J connectivity index is 1.66. The number of Topliss-reactive ketones (excluding diaryl/α,β-unsaturated/α-hetero) is 1. The molecule has 160 valence electrons. The average Bonchev–Trinajstić information content (AvgIpc) is 2.80. The second kappa shape index (κ2) is 9.75. The van der Waals surface area contributed by atoms with Crippen LogP contribution in [0.15, 0.2) is 90.0 Å². The molecule has 0 unspecified atom stereocenters. The molecule has 1 fully saturated rings. The number of likely N-dealkylation sites (tertiary alicyclic amines) is 1. The van der Waals surface area contributed by atoms with Crippen LogP contribution in [-0.2, 0) is 4.79 Å². The normalized spacial score (nSPS) is 16.4. The third-order valence-electron chi connectivity index (χ3n) is 5.45. The Bertz CT molecular complexity index is 1110. The van der Waals surface area contributed by atoms with Gasteiger partial charge in [0, 0.05) is 29.9 Å². The van der Waals surface area contributed by atoms with Gasteiger partial charge in [-0.3, -0.25) is 4.79 Å². The second-order valence-electron chi connectivity index (χ2n) is 8.14. The smallest absolute Gasteiger partial charge is 0.188 e. The number of aryl methyl sites for hydroxylation is 2. The van der Waals surface area contributed by atoms with Crippen molar-refractivity contribution < 1.29 is 4.79 Å². The van der Waals surface area contributed by atoms with Gasteiger partial charge in [0.25, 0.3) is 0 Å². The van der Waals surface area contributed by atoms with E-state index in [0.29, 0.717) is 18.2 Å². The van der Waals surface area contributed by atoms with Crippen molar-refractivity contribution in [1.82, 2.24) is 4.90 Å². The number of nitrogens with zero attached hydrogens (tertiary/aromatic N) is 1. The zero-order chi connectivity index (χ0) is 22.5. The van der Waals surface area contributed by atoms with E-state index < -0.39 is 0 Å². The lowest BCUT2D eigenvalue weighted by Crippen LogP contribution is -2.43. The molecule has 32 heavy (non-hydrogen) atoms. The third-order valence-corrected chi connectivity index (χ3v) is 5.81. The molecule has 0 aromatic heterocycles. The van der Waals surface area contributed by atoms with Crippen molar-refractivity contribution in [3.05, 3.63) is 112 Å². The Morgan fingerprint density at radius 2 is 1.25 bits per heavy atom. The minimum atomic E-state index is 0.0740. The molecule has 0 atom stereocenters. The monoisotopic (exact) mass is 438 g/mol. The molecule has 0 amide bonds. The molecule has 4 rings (SSSR count). The van der Waals surface area contributed by atoms with Gasteiger partial charge in [-0.05, 0) is 61.5 Å². The van der Waals surface area contributed by atoms with Crippen LogP contribution in [0.1, 0.15) is 22.3 Å². The first-order valence-electron chi connectivity index (χ1n) is 10.7. The zero-order valence-corrected chi connectivity index (χ0v) is 19.2. The molecule has 1 saturated heterocycles. The van der Waals surface area contributed by atoms with Crippen LogP contribution in [0.5, 0.6) is 0 Å². The number of nitrogens with one attached hydrogen (secondary N) is 1. The maximum absolute atomic E-state index is 13.4. The topological polar surface area (TPSA) is 32.3 Å². The maximum Gasteiger partial charge on any atom is 0.188 e. The summed E-state index contributed by atoms with van der Waals surface area (Å²) in [6.45, 7) is 5.05. The van der Waals surface area contributed by atoms with Gasteiger partial charge in [0.15, 0.2) is 10.9 Å². The summed E-state index contributed by atoms with van der Waals surface area (Å²) in [7, 11) is 0. The number of ketones is 1. The van der Waals surface area contributed by atoms with Gasteiger partial charge in [0.2, 0.25) is 0 Å². The highest BCUT2D eigenvalue weighted by molar-refractivity contribution is 7.80. The molecule has 0 aliphatic carbocycles. The summed E-state index contributed by atoms with van der Waals surface area (Å²) in [6.07, 6.45) is 3.95. The lowest BCUT2D eigenvalue weighted by Gasteiger charge is -2.32. The SMILES string of the molecule is Cc1ccc(/C=C2\CN(C(=S)Nc3ccccc3)C/C(=C\c3ccc(C)cc3)C2=O)cc1. The molecular weight excluding hydrogens is 412 g/mol. The fraction of sp³-hybridized carbons (Fsp3) is 0.143. The number of anilines is 1. The first kappa shape index (κ1) is 21.7. The highest BCUT2D eigenvalue weighted by Crippen LogP contribution is 2.23. The predicted octanol–water partition coefficient (Wildman–Crippen LogP) is 6.05. The number of hydrogen-bond donors (Lipinski definition) is 1. The first-order chi connectivity index (χ1) is 15.5. The molecule has 1 heterocycles. The van der Waals surface area contributed by atoms with Crippen LogP contribution >= 0.6 is 12.2 Å². The van der Waals surface area contributed by atoms with E-state index in [2.05, 4.69) is 43.4 Å². The number of para-hydroxylation sites is 1. The summed E-state index contributed by atoms with van der Waals surface area (Å²) in [6, 6.07) is 26.3. The Hall–Kier alpha value is -3.50. The Morgan fingerprint density at radius 1 is 0.781 bits per heavy atom. The average molecular weight is 439 g/mol. The number of rotatable bonds is 3. The van der Waals surface area contributed by atoms with Crippen LogP contribution in [0.4, 0.5) is 5.69 Å². The first-order valence-corrected chi connectivity index (χ1v) is 11.1. The lowest BCUT2D eigenvalue weighted by molar-refractivity contribution is -0.113. The Labute approximate surface area is 195 Å². The van der Waals surface area contributed by atoms with Crippen molar-refractivity contribution in [2.24, 2.45) is 0 Å². The summed E-state index contributed by atoms with van der Waals surface area (Å²) in [5.41, 5.74) is 6.80. The molecule has 1 N–H and O–H groups in total. The van der Waals surface area contributed by atoms with E-state index in [1.807, 2.05) is 71.6 Å². The van der Waals surface area contributed by atoms with E-state index >= 15 is 0 Å².